The Balaban J connectivity index is 1.83. The summed E-state index contributed by atoms with van der Waals surface area (Å²) in [4.78, 5) is 15.0. The van der Waals surface area contributed by atoms with E-state index in [4.69, 9.17) is 20.3 Å². The number of benzene rings is 1. The number of hydrogen-bond donors (Lipinski definition) is 3. The molecule has 1 aromatic heterocycles. The van der Waals surface area contributed by atoms with Gasteiger partial charge in [-0.25, -0.2) is 9.78 Å². The van der Waals surface area contributed by atoms with E-state index >= 15 is 0 Å². The lowest BCUT2D eigenvalue weighted by Crippen LogP contribution is -2.29. The van der Waals surface area contributed by atoms with Crippen molar-refractivity contribution >= 4 is 11.9 Å². The van der Waals surface area contributed by atoms with Gasteiger partial charge in [0.05, 0.1) is 0 Å². The molecule has 2 aromatic rings. The number of fused-ring (bicyclic) bond motifs is 3. The first-order valence-electron chi connectivity index (χ1n) is 9.03. The van der Waals surface area contributed by atoms with E-state index in [1.165, 1.54) is 0 Å². The van der Waals surface area contributed by atoms with Crippen molar-refractivity contribution in [1.29, 1.82) is 0 Å². The lowest BCUT2D eigenvalue weighted by Gasteiger charge is -2.27. The Morgan fingerprint density at radius 1 is 1.37 bits per heavy atom. The first-order chi connectivity index (χ1) is 12.8. The molecule has 1 aliphatic rings. The second-order valence-corrected chi connectivity index (χ2v) is 7.21. The van der Waals surface area contributed by atoms with Crippen LogP contribution in [0.4, 0.5) is 10.6 Å². The molecule has 7 nitrogen and oxygen atoms in total. The number of aromatic nitrogens is 1. The maximum atomic E-state index is 10.9. The fourth-order valence-electron chi connectivity index (χ4n) is 3.24. The number of carboxylic acid groups (broad SMARTS) is 1. The van der Waals surface area contributed by atoms with Crippen LogP contribution < -0.4 is 20.5 Å². The van der Waals surface area contributed by atoms with E-state index in [0.717, 1.165) is 23.1 Å². The lowest BCUT2D eigenvalue weighted by molar-refractivity contribution is 0.209. The van der Waals surface area contributed by atoms with E-state index < -0.39 is 6.09 Å². The van der Waals surface area contributed by atoms with Gasteiger partial charge in [-0.05, 0) is 43.0 Å². The van der Waals surface area contributed by atoms with Crippen molar-refractivity contribution in [1.82, 2.24) is 4.98 Å². The molecule has 0 radical (unpaired) electrons. The van der Waals surface area contributed by atoms with E-state index in [1.54, 1.807) is 12.3 Å². The highest BCUT2D eigenvalue weighted by Crippen LogP contribution is 2.44. The van der Waals surface area contributed by atoms with Crippen molar-refractivity contribution in [3.8, 4) is 22.6 Å². The molecule has 0 saturated heterocycles. The van der Waals surface area contributed by atoms with Crippen LogP contribution in [-0.2, 0) is 0 Å². The van der Waals surface area contributed by atoms with Gasteiger partial charge in [-0.2, -0.15) is 0 Å². The highest BCUT2D eigenvalue weighted by Gasteiger charge is 2.24. The van der Waals surface area contributed by atoms with Crippen molar-refractivity contribution in [2.24, 2.45) is 11.7 Å². The van der Waals surface area contributed by atoms with Gasteiger partial charge in [0.15, 0.2) is 0 Å². The fourth-order valence-corrected chi connectivity index (χ4v) is 3.24. The van der Waals surface area contributed by atoms with Crippen LogP contribution in [0.1, 0.15) is 38.9 Å². The van der Waals surface area contributed by atoms with Crippen LogP contribution in [0.5, 0.6) is 11.5 Å². The van der Waals surface area contributed by atoms with E-state index in [-0.39, 0.29) is 18.0 Å². The second-order valence-electron chi connectivity index (χ2n) is 7.21. The molecule has 7 heteroatoms. The average molecular weight is 371 g/mol. The largest absolute Gasteiger partial charge is 0.492 e. The van der Waals surface area contributed by atoms with Gasteiger partial charge >= 0.3 is 6.09 Å². The van der Waals surface area contributed by atoms with E-state index in [0.29, 0.717) is 24.0 Å². The first kappa shape index (κ1) is 19.0. The zero-order chi connectivity index (χ0) is 19.6. The molecule has 0 bridgehead atoms. The Bertz CT molecular complexity index is 838. The molecule has 0 spiro atoms. The normalized spacial score (nSPS) is 16.1. The molecule has 2 atom stereocenters. The molecule has 4 N–H and O–H groups in total. The summed E-state index contributed by atoms with van der Waals surface area (Å²) in [5.74, 6) is 2.19. The third kappa shape index (κ3) is 4.49. The van der Waals surface area contributed by atoms with Gasteiger partial charge in [0, 0.05) is 29.4 Å². The number of ether oxygens (including phenoxy) is 2. The minimum Gasteiger partial charge on any atom is -0.492 e. The van der Waals surface area contributed by atoms with E-state index in [1.807, 2.05) is 25.1 Å². The average Bonchev–Trinajstić information content (AvgIpc) is 2.58. The minimum atomic E-state index is -1.15. The number of nitrogens with one attached hydrogen (secondary N) is 1. The van der Waals surface area contributed by atoms with E-state index in [9.17, 15) is 4.79 Å². The third-order valence-corrected chi connectivity index (χ3v) is 4.39. The van der Waals surface area contributed by atoms with Gasteiger partial charge in [-0.3, -0.25) is 5.32 Å². The van der Waals surface area contributed by atoms with Crippen LogP contribution in [0.3, 0.4) is 0 Å². The number of rotatable bonds is 6. The topological polar surface area (TPSA) is 107 Å². The summed E-state index contributed by atoms with van der Waals surface area (Å²) in [6.07, 6.45) is 1.20. The number of nitrogens with two attached hydrogens (primary N) is 1. The summed E-state index contributed by atoms with van der Waals surface area (Å²) < 4.78 is 11.8. The van der Waals surface area contributed by atoms with Gasteiger partial charge in [0.25, 0.3) is 0 Å². The summed E-state index contributed by atoms with van der Waals surface area (Å²) in [6, 6.07) is 7.34. The van der Waals surface area contributed by atoms with Crippen LogP contribution in [0.15, 0.2) is 30.5 Å². The van der Waals surface area contributed by atoms with Crippen molar-refractivity contribution in [2.75, 3.05) is 11.9 Å². The van der Waals surface area contributed by atoms with Crippen LogP contribution >= 0.6 is 0 Å². The van der Waals surface area contributed by atoms with Crippen molar-refractivity contribution in [3.05, 3.63) is 36.0 Å². The number of pyridine rings is 1. The lowest BCUT2D eigenvalue weighted by atomic mass is 9.95. The molecule has 0 saturated carbocycles. The Labute approximate surface area is 158 Å². The Kier molecular flexibility index (Phi) is 5.51. The van der Waals surface area contributed by atoms with E-state index in [2.05, 4.69) is 24.1 Å². The highest BCUT2D eigenvalue weighted by atomic mass is 16.5. The fraction of sp³-hybridized carbons (Fsp3) is 0.400. The maximum absolute atomic E-state index is 10.9. The molecular formula is C20H25N3O4. The van der Waals surface area contributed by atoms with Gasteiger partial charge in [-0.1, -0.05) is 13.8 Å². The summed E-state index contributed by atoms with van der Waals surface area (Å²) >= 11 is 0. The molecule has 27 heavy (non-hydrogen) atoms. The molecule has 1 amide bonds. The summed E-state index contributed by atoms with van der Waals surface area (Å²) in [5.41, 5.74) is 8.76. The van der Waals surface area contributed by atoms with Crippen molar-refractivity contribution in [2.45, 2.75) is 39.3 Å². The Morgan fingerprint density at radius 2 is 2.15 bits per heavy atom. The predicted molar refractivity (Wildman–Crippen MR) is 103 cm³/mol. The second kappa shape index (κ2) is 7.84. The SMILES string of the molecule is CC(C)CC(N)COc1ccc2c(c1)OC(C)c1cnc(NC(=O)O)cc1-2. The molecule has 0 fully saturated rings. The molecule has 0 aliphatic carbocycles. The van der Waals surface area contributed by atoms with Crippen LogP contribution in [0.2, 0.25) is 0 Å². The molecule has 2 unspecified atom stereocenters. The van der Waals surface area contributed by atoms with Crippen molar-refractivity contribution < 1.29 is 19.4 Å². The first-order valence-corrected chi connectivity index (χ1v) is 9.03. The molecule has 144 valence electrons. The Morgan fingerprint density at radius 3 is 2.85 bits per heavy atom. The quantitative estimate of drug-likeness (QED) is 0.707. The van der Waals surface area contributed by atoms with Crippen LogP contribution in [0.25, 0.3) is 11.1 Å². The predicted octanol–water partition coefficient (Wildman–Crippen LogP) is 4.04. The minimum absolute atomic E-state index is 0.0164. The number of anilines is 1. The van der Waals surface area contributed by atoms with Gasteiger partial charge < -0.3 is 20.3 Å². The molecule has 3 rings (SSSR count). The summed E-state index contributed by atoms with van der Waals surface area (Å²) in [6.45, 7) is 6.64. The number of carbonyl (C=O) groups is 1. The smallest absolute Gasteiger partial charge is 0.410 e. The maximum Gasteiger partial charge on any atom is 0.410 e. The summed E-state index contributed by atoms with van der Waals surface area (Å²) in [7, 11) is 0. The molecule has 1 aromatic carbocycles. The van der Waals surface area contributed by atoms with Gasteiger partial charge in [-0.15, -0.1) is 0 Å². The number of nitrogens with zero attached hydrogens (tertiary/aromatic N) is 1. The molecule has 2 heterocycles. The zero-order valence-corrected chi connectivity index (χ0v) is 15.7. The number of amides is 1. The monoisotopic (exact) mass is 371 g/mol. The van der Waals surface area contributed by atoms with Gasteiger partial charge in [0.2, 0.25) is 0 Å². The standard InChI is InChI=1S/C20H25N3O4/c1-11(2)6-13(21)10-26-14-4-5-15-16-8-19(23-20(24)25)22-9-17(16)12(3)27-18(15)7-14/h4-5,7-9,11-13H,6,10,21H2,1-3H3,(H,22,23)(H,24,25). The molecular weight excluding hydrogens is 346 g/mol. The Hall–Kier alpha value is -2.80. The highest BCUT2D eigenvalue weighted by molar-refractivity contribution is 5.84. The number of hydrogen-bond acceptors (Lipinski definition) is 5. The third-order valence-electron chi connectivity index (χ3n) is 4.39. The van der Waals surface area contributed by atoms with Crippen LogP contribution in [-0.4, -0.2) is 28.8 Å². The van der Waals surface area contributed by atoms with Gasteiger partial charge in [0.1, 0.15) is 30.0 Å². The zero-order valence-electron chi connectivity index (χ0n) is 15.7. The summed E-state index contributed by atoms with van der Waals surface area (Å²) in [5, 5.41) is 11.2. The van der Waals surface area contributed by atoms with Crippen molar-refractivity contribution in [3.63, 3.8) is 0 Å². The van der Waals surface area contributed by atoms with Crippen LogP contribution in [0, 0.1) is 5.92 Å². The molecule has 1 aliphatic heterocycles.